The smallest absolute Gasteiger partial charge is 0.247 e. The summed E-state index contributed by atoms with van der Waals surface area (Å²) in [6, 6.07) is 2.75. The predicted molar refractivity (Wildman–Crippen MR) is 169 cm³/mol. The zero-order valence-corrected chi connectivity index (χ0v) is 27.2. The summed E-state index contributed by atoms with van der Waals surface area (Å²) >= 11 is 2.09. The Morgan fingerprint density at radius 3 is 2.60 bits per heavy atom. The summed E-state index contributed by atoms with van der Waals surface area (Å²) in [4.78, 5) is 31.1. The van der Waals surface area contributed by atoms with Gasteiger partial charge in [0.15, 0.2) is 11.5 Å². The lowest BCUT2D eigenvalue weighted by atomic mass is 9.87. The lowest BCUT2D eigenvalue weighted by molar-refractivity contribution is -0.139. The first-order chi connectivity index (χ1) is 20.8. The van der Waals surface area contributed by atoms with Crippen LogP contribution < -0.4 is 14.8 Å². The Hall–Kier alpha value is -1.97. The van der Waals surface area contributed by atoms with Crippen molar-refractivity contribution < 1.29 is 39.1 Å². The average Bonchev–Trinajstić information content (AvgIpc) is 3.55. The Morgan fingerprint density at radius 1 is 1.19 bits per heavy atom. The van der Waals surface area contributed by atoms with Gasteiger partial charge in [0.2, 0.25) is 11.8 Å². The van der Waals surface area contributed by atoms with E-state index in [9.17, 15) is 24.9 Å². The number of halogens is 1. The quantitative estimate of drug-likeness (QED) is 0.213. The molecular formula is C31H46IN3O8. The molecule has 4 rings (SSSR count). The summed E-state index contributed by atoms with van der Waals surface area (Å²) in [6.07, 6.45) is 5.62. The number of aliphatic hydroxyl groups is 3. The van der Waals surface area contributed by atoms with Gasteiger partial charge in [-0.15, -0.1) is 0 Å². The molecule has 2 fully saturated rings. The zero-order chi connectivity index (χ0) is 30.8. The fourth-order valence-corrected chi connectivity index (χ4v) is 7.01. The van der Waals surface area contributed by atoms with Crippen LogP contribution >= 0.6 is 22.6 Å². The fourth-order valence-electron chi connectivity index (χ4n) is 6.21. The number of nitrogens with zero attached hydrogens (tertiary/aromatic N) is 2. The van der Waals surface area contributed by atoms with Crippen molar-refractivity contribution in [3.8, 4) is 11.5 Å². The molecule has 0 bridgehead atoms. The molecule has 4 N–H and O–H groups in total. The second-order valence-corrected chi connectivity index (χ2v) is 12.7. The number of hydrogen-bond donors (Lipinski definition) is 4. The number of aliphatic hydroxyl groups excluding tert-OH is 3. The van der Waals surface area contributed by atoms with Crippen LogP contribution in [0.25, 0.3) is 0 Å². The molecule has 240 valence electrons. The molecule has 0 spiro atoms. The van der Waals surface area contributed by atoms with Gasteiger partial charge in [-0.3, -0.25) is 14.5 Å². The highest BCUT2D eigenvalue weighted by Crippen LogP contribution is 2.37. The van der Waals surface area contributed by atoms with Gasteiger partial charge in [-0.1, -0.05) is 25.7 Å². The Bertz CT molecular complexity index is 1110. The molecule has 1 aromatic rings. The summed E-state index contributed by atoms with van der Waals surface area (Å²) in [5.41, 5.74) is 1.03. The molecule has 2 aliphatic carbocycles. The number of rotatable bonds is 14. The molecule has 1 aliphatic heterocycles. The standard InChI is InChI=1S/C31H46IN3O8/c1-41-27-17-22(20-37)16-24(32)30(27)43-26-19-23(31(40)33-8-13-36)18-25(29(26)39)35(10-9-34-11-14-42-15-12-34)28(38)7-6-21-4-2-3-5-21/h16-17,19,21,25-26,29,36-37,39H,2-15,18,20H2,1H3,(H,33,40). The monoisotopic (exact) mass is 715 g/mol. The van der Waals surface area contributed by atoms with Gasteiger partial charge in [0.25, 0.3) is 0 Å². The van der Waals surface area contributed by atoms with Crippen LogP contribution in [0.4, 0.5) is 0 Å². The first-order valence-electron chi connectivity index (χ1n) is 15.4. The molecule has 3 atom stereocenters. The third kappa shape index (κ3) is 9.27. The molecule has 1 saturated heterocycles. The second-order valence-electron chi connectivity index (χ2n) is 11.5. The van der Waals surface area contributed by atoms with Gasteiger partial charge in [0.05, 0.1) is 43.1 Å². The van der Waals surface area contributed by atoms with Gasteiger partial charge in [0, 0.05) is 51.1 Å². The normalized spacial score (nSPS) is 23.1. The van der Waals surface area contributed by atoms with Gasteiger partial charge < -0.3 is 39.7 Å². The van der Waals surface area contributed by atoms with E-state index >= 15 is 0 Å². The number of morpholine rings is 1. The van der Waals surface area contributed by atoms with E-state index in [1.165, 1.54) is 20.0 Å². The summed E-state index contributed by atoms with van der Waals surface area (Å²) in [5.74, 6) is 0.918. The number of carbonyl (C=O) groups is 2. The van der Waals surface area contributed by atoms with E-state index in [-0.39, 0.29) is 38.0 Å². The van der Waals surface area contributed by atoms with Gasteiger partial charge in [0.1, 0.15) is 12.2 Å². The number of carbonyl (C=O) groups excluding carboxylic acids is 2. The predicted octanol–water partition coefficient (Wildman–Crippen LogP) is 1.84. The van der Waals surface area contributed by atoms with Crippen LogP contribution in [-0.4, -0.2) is 115 Å². The SMILES string of the molecule is COc1cc(CO)cc(I)c1OC1C=C(C(=O)NCCO)CC(N(CCN2CCOCC2)C(=O)CCC2CCCC2)C1O. The van der Waals surface area contributed by atoms with E-state index in [1.54, 1.807) is 23.1 Å². The van der Waals surface area contributed by atoms with Gasteiger partial charge in [-0.2, -0.15) is 0 Å². The largest absolute Gasteiger partial charge is 0.493 e. The number of amides is 2. The first-order valence-corrected chi connectivity index (χ1v) is 16.4. The second kappa shape index (κ2) is 16.9. The molecule has 0 radical (unpaired) electrons. The highest BCUT2D eigenvalue weighted by atomic mass is 127. The lowest BCUT2D eigenvalue weighted by Gasteiger charge is -2.41. The van der Waals surface area contributed by atoms with E-state index in [0.717, 1.165) is 32.4 Å². The van der Waals surface area contributed by atoms with Gasteiger partial charge in [-0.05, 0) is 58.7 Å². The van der Waals surface area contributed by atoms with Crippen molar-refractivity contribution >= 4 is 34.4 Å². The molecule has 1 saturated carbocycles. The van der Waals surface area contributed by atoms with Crippen LogP contribution in [-0.2, 0) is 20.9 Å². The minimum Gasteiger partial charge on any atom is -0.493 e. The van der Waals surface area contributed by atoms with Crippen molar-refractivity contribution in [2.24, 2.45) is 5.92 Å². The van der Waals surface area contributed by atoms with Crippen LogP contribution in [0.5, 0.6) is 11.5 Å². The maximum absolute atomic E-state index is 13.9. The average molecular weight is 716 g/mol. The molecule has 3 unspecified atom stereocenters. The van der Waals surface area contributed by atoms with Crippen LogP contribution in [0.2, 0.25) is 0 Å². The molecule has 12 heteroatoms. The van der Waals surface area contributed by atoms with Crippen molar-refractivity contribution in [2.45, 2.75) is 69.8 Å². The number of benzene rings is 1. The van der Waals surface area contributed by atoms with Gasteiger partial charge in [-0.25, -0.2) is 0 Å². The molecule has 0 aromatic heterocycles. The Kier molecular flexibility index (Phi) is 13.3. The van der Waals surface area contributed by atoms with Crippen molar-refractivity contribution in [2.75, 3.05) is 59.7 Å². The maximum atomic E-state index is 13.9. The lowest BCUT2D eigenvalue weighted by Crippen LogP contribution is -2.56. The third-order valence-electron chi connectivity index (χ3n) is 8.66. The molecular weight excluding hydrogens is 669 g/mol. The molecule has 3 aliphatic rings. The van der Waals surface area contributed by atoms with Crippen molar-refractivity contribution in [1.82, 2.24) is 15.1 Å². The summed E-state index contributed by atoms with van der Waals surface area (Å²) in [7, 11) is 1.50. The number of nitrogens with one attached hydrogen (secondary N) is 1. The number of methoxy groups -OCH3 is 1. The van der Waals surface area contributed by atoms with Crippen molar-refractivity contribution in [3.05, 3.63) is 32.9 Å². The highest BCUT2D eigenvalue weighted by molar-refractivity contribution is 14.1. The molecule has 43 heavy (non-hydrogen) atoms. The van der Waals surface area contributed by atoms with E-state index < -0.39 is 18.2 Å². The Balaban J connectivity index is 1.62. The van der Waals surface area contributed by atoms with E-state index in [4.69, 9.17) is 14.2 Å². The summed E-state index contributed by atoms with van der Waals surface area (Å²) in [5, 5.41) is 33.5. The Labute approximate surface area is 267 Å². The van der Waals surface area contributed by atoms with Crippen LogP contribution in [0.1, 0.15) is 50.5 Å². The topological polar surface area (TPSA) is 141 Å². The molecule has 1 aromatic carbocycles. The fraction of sp³-hybridized carbons (Fsp3) is 0.677. The number of hydrogen-bond acceptors (Lipinski definition) is 9. The van der Waals surface area contributed by atoms with Crippen LogP contribution in [0, 0.1) is 9.49 Å². The number of ether oxygens (including phenoxy) is 3. The first kappa shape index (κ1) is 33.9. The molecule has 1 heterocycles. The minimum atomic E-state index is -1.12. The summed E-state index contributed by atoms with van der Waals surface area (Å²) < 4.78 is 18.1. The minimum absolute atomic E-state index is 0.0283. The third-order valence-corrected chi connectivity index (χ3v) is 9.46. The highest BCUT2D eigenvalue weighted by Gasteiger charge is 2.41. The maximum Gasteiger partial charge on any atom is 0.247 e. The van der Waals surface area contributed by atoms with E-state index in [2.05, 4.69) is 32.8 Å². The van der Waals surface area contributed by atoms with Crippen molar-refractivity contribution in [1.29, 1.82) is 0 Å². The molecule has 11 nitrogen and oxygen atoms in total. The van der Waals surface area contributed by atoms with Crippen LogP contribution in [0.3, 0.4) is 0 Å². The Morgan fingerprint density at radius 2 is 1.93 bits per heavy atom. The van der Waals surface area contributed by atoms with Gasteiger partial charge >= 0.3 is 0 Å². The van der Waals surface area contributed by atoms with Crippen molar-refractivity contribution in [3.63, 3.8) is 0 Å². The van der Waals surface area contributed by atoms with E-state index in [0.29, 0.717) is 64.8 Å². The zero-order valence-electron chi connectivity index (χ0n) is 25.0. The molecule has 2 amide bonds. The van der Waals surface area contributed by atoms with Crippen LogP contribution in [0.15, 0.2) is 23.8 Å². The van der Waals surface area contributed by atoms with E-state index in [1.807, 2.05) is 0 Å². The summed E-state index contributed by atoms with van der Waals surface area (Å²) in [6.45, 7) is 3.60.